The van der Waals surface area contributed by atoms with Crippen LogP contribution < -0.4 is 10.5 Å². The van der Waals surface area contributed by atoms with Crippen molar-refractivity contribution in [3.05, 3.63) is 11.3 Å². The van der Waals surface area contributed by atoms with E-state index < -0.39 is 24.6 Å². The number of ether oxygens (including phenoxy) is 1. The number of nitrogens with zero attached hydrogens (tertiary/aromatic N) is 1. The minimum atomic E-state index is -1.16. The van der Waals surface area contributed by atoms with E-state index in [1.165, 1.54) is 0 Å². The predicted octanol–water partition coefficient (Wildman–Crippen LogP) is 0.681. The van der Waals surface area contributed by atoms with Crippen LogP contribution in [0.15, 0.2) is 4.52 Å². The molecule has 118 valence electrons. The average Bonchev–Trinajstić information content (AvgIpc) is 2.67. The van der Waals surface area contributed by atoms with Gasteiger partial charge >= 0.3 is 11.9 Å². The Morgan fingerprint density at radius 2 is 2.00 bits per heavy atom. The summed E-state index contributed by atoms with van der Waals surface area (Å²) in [6, 6.07) is -1.14. The zero-order valence-electron chi connectivity index (χ0n) is 12.3. The second kappa shape index (κ2) is 6.57. The Morgan fingerprint density at radius 3 is 2.48 bits per heavy atom. The first-order valence-corrected chi connectivity index (χ1v) is 6.40. The van der Waals surface area contributed by atoms with Gasteiger partial charge in [0.1, 0.15) is 11.8 Å². The van der Waals surface area contributed by atoms with Gasteiger partial charge in [0, 0.05) is 12.8 Å². The Kier molecular flexibility index (Phi) is 5.31. The third-order valence-electron chi connectivity index (χ3n) is 2.60. The van der Waals surface area contributed by atoms with Gasteiger partial charge in [-0.25, -0.2) is 4.79 Å². The minimum Gasteiger partial charge on any atom is -0.480 e. The molecule has 0 saturated carbocycles. The van der Waals surface area contributed by atoms with E-state index in [4.69, 9.17) is 25.2 Å². The molecule has 0 aromatic carbocycles. The smallest absolute Gasteiger partial charge is 0.341 e. The lowest BCUT2D eigenvalue weighted by Gasteiger charge is -2.17. The van der Waals surface area contributed by atoms with E-state index >= 15 is 0 Å². The molecule has 21 heavy (non-hydrogen) atoms. The largest absolute Gasteiger partial charge is 0.480 e. The van der Waals surface area contributed by atoms with Crippen LogP contribution in [0.4, 0.5) is 0 Å². The molecule has 0 bridgehead atoms. The predicted molar refractivity (Wildman–Crippen MR) is 72.1 cm³/mol. The van der Waals surface area contributed by atoms with Crippen LogP contribution in [0.1, 0.15) is 32.1 Å². The lowest BCUT2D eigenvalue weighted by molar-refractivity contribution is -0.140. The first-order chi connectivity index (χ1) is 9.60. The number of aliphatic carboxylic acids is 2. The maximum atomic E-state index is 10.9. The molecule has 8 heteroatoms. The normalized spacial score (nSPS) is 13.0. The lowest BCUT2D eigenvalue weighted by atomic mass is 9.89. The second-order valence-electron chi connectivity index (χ2n) is 5.96. The highest BCUT2D eigenvalue weighted by Crippen LogP contribution is 2.29. The third-order valence-corrected chi connectivity index (χ3v) is 2.60. The minimum absolute atomic E-state index is 0.0200. The van der Waals surface area contributed by atoms with Crippen molar-refractivity contribution >= 4 is 11.9 Å². The Bertz CT molecular complexity index is 517. The summed E-state index contributed by atoms with van der Waals surface area (Å²) in [5.74, 6) is -1.89. The van der Waals surface area contributed by atoms with Gasteiger partial charge in [-0.05, 0) is 10.6 Å². The molecule has 1 heterocycles. The number of hydrogen-bond acceptors (Lipinski definition) is 6. The van der Waals surface area contributed by atoms with Gasteiger partial charge in [0.15, 0.2) is 6.61 Å². The van der Waals surface area contributed by atoms with E-state index in [9.17, 15) is 9.59 Å². The van der Waals surface area contributed by atoms with E-state index in [1.54, 1.807) is 0 Å². The standard InChI is InChI=1S/C13H20N2O6/c1-13(2,3)5-9-7(4-8(14)12(18)19)11(15-21-9)20-6-10(16)17/h8H,4-6,14H2,1-3H3,(H,16,17)(H,18,19). The van der Waals surface area contributed by atoms with Crippen LogP contribution in [0.25, 0.3) is 0 Å². The summed E-state index contributed by atoms with van der Waals surface area (Å²) in [6.07, 6.45) is 0.456. The van der Waals surface area contributed by atoms with Gasteiger partial charge < -0.3 is 25.2 Å². The lowest BCUT2D eigenvalue weighted by Crippen LogP contribution is -2.32. The zero-order valence-corrected chi connectivity index (χ0v) is 12.3. The van der Waals surface area contributed by atoms with Crippen LogP contribution in [0.2, 0.25) is 0 Å². The highest BCUT2D eigenvalue weighted by atomic mass is 16.5. The molecule has 0 aliphatic rings. The van der Waals surface area contributed by atoms with Crippen LogP contribution in [0, 0.1) is 5.41 Å². The SMILES string of the molecule is CC(C)(C)Cc1onc(OCC(=O)O)c1CC(N)C(=O)O. The average molecular weight is 300 g/mol. The highest BCUT2D eigenvalue weighted by molar-refractivity contribution is 5.73. The number of aromatic nitrogens is 1. The fourth-order valence-corrected chi connectivity index (χ4v) is 1.70. The number of nitrogens with two attached hydrogens (primary N) is 1. The molecule has 0 saturated heterocycles. The maximum Gasteiger partial charge on any atom is 0.341 e. The van der Waals surface area contributed by atoms with Gasteiger partial charge in [0.25, 0.3) is 5.88 Å². The zero-order chi connectivity index (χ0) is 16.2. The molecule has 0 aliphatic carbocycles. The number of carboxylic acids is 2. The van der Waals surface area contributed by atoms with Crippen molar-refractivity contribution in [2.45, 2.75) is 39.7 Å². The number of rotatable bonds is 7. The van der Waals surface area contributed by atoms with Gasteiger partial charge in [0.05, 0.1) is 5.56 Å². The van der Waals surface area contributed by atoms with Gasteiger partial charge in [-0.2, -0.15) is 0 Å². The number of hydrogen-bond donors (Lipinski definition) is 3. The third kappa shape index (κ3) is 5.42. The number of carboxylic acid groups (broad SMARTS) is 2. The molecule has 0 fully saturated rings. The van der Waals surface area contributed by atoms with Crippen LogP contribution >= 0.6 is 0 Å². The molecule has 0 aliphatic heterocycles. The maximum absolute atomic E-state index is 10.9. The van der Waals surface area contributed by atoms with E-state index in [0.717, 1.165) is 0 Å². The molecule has 0 radical (unpaired) electrons. The van der Waals surface area contributed by atoms with Gasteiger partial charge in [-0.1, -0.05) is 20.8 Å². The Balaban J connectivity index is 3.02. The molecule has 8 nitrogen and oxygen atoms in total. The topological polar surface area (TPSA) is 136 Å². The summed E-state index contributed by atoms with van der Waals surface area (Å²) in [6.45, 7) is 5.35. The molecule has 0 amide bonds. The molecule has 0 spiro atoms. The van der Waals surface area contributed by atoms with Crippen molar-refractivity contribution in [3.63, 3.8) is 0 Å². The summed E-state index contributed by atoms with van der Waals surface area (Å²) < 4.78 is 10.2. The molecule has 1 atom stereocenters. The van der Waals surface area contributed by atoms with Crippen molar-refractivity contribution < 1.29 is 29.1 Å². The van der Waals surface area contributed by atoms with Crippen molar-refractivity contribution in [2.24, 2.45) is 11.1 Å². The second-order valence-corrected chi connectivity index (χ2v) is 5.96. The molecule has 1 aromatic rings. The molecule has 1 unspecified atom stereocenters. The van der Waals surface area contributed by atoms with Crippen molar-refractivity contribution in [1.29, 1.82) is 0 Å². The van der Waals surface area contributed by atoms with Crippen molar-refractivity contribution in [1.82, 2.24) is 5.16 Å². The van der Waals surface area contributed by atoms with E-state index in [2.05, 4.69) is 5.16 Å². The van der Waals surface area contributed by atoms with Crippen LogP contribution in [-0.2, 0) is 22.4 Å². The van der Waals surface area contributed by atoms with Gasteiger partial charge in [-0.15, -0.1) is 0 Å². The summed E-state index contributed by atoms with van der Waals surface area (Å²) >= 11 is 0. The van der Waals surface area contributed by atoms with Crippen LogP contribution in [-0.4, -0.2) is 40.0 Å². The van der Waals surface area contributed by atoms with E-state index in [1.807, 2.05) is 20.8 Å². The number of carbonyl (C=O) groups is 2. The quantitative estimate of drug-likeness (QED) is 0.668. The monoisotopic (exact) mass is 300 g/mol. The molecule has 1 rings (SSSR count). The fourth-order valence-electron chi connectivity index (χ4n) is 1.70. The Hall–Kier alpha value is -2.09. The Labute approximate surface area is 121 Å². The molecule has 1 aromatic heterocycles. The molecular weight excluding hydrogens is 280 g/mol. The van der Waals surface area contributed by atoms with Gasteiger partial charge in [0.2, 0.25) is 0 Å². The molecule has 4 N–H and O–H groups in total. The summed E-state index contributed by atoms with van der Waals surface area (Å²) in [5, 5.41) is 21.2. The van der Waals surface area contributed by atoms with E-state index in [-0.39, 0.29) is 17.7 Å². The van der Waals surface area contributed by atoms with Crippen LogP contribution in [0.3, 0.4) is 0 Å². The van der Waals surface area contributed by atoms with E-state index in [0.29, 0.717) is 17.7 Å². The van der Waals surface area contributed by atoms with Crippen molar-refractivity contribution in [3.8, 4) is 5.88 Å². The highest BCUT2D eigenvalue weighted by Gasteiger charge is 2.26. The van der Waals surface area contributed by atoms with Crippen LogP contribution in [0.5, 0.6) is 5.88 Å². The van der Waals surface area contributed by atoms with Crippen molar-refractivity contribution in [2.75, 3.05) is 6.61 Å². The fraction of sp³-hybridized carbons (Fsp3) is 0.615. The summed E-state index contributed by atoms with van der Waals surface area (Å²) in [5.41, 5.74) is 5.81. The summed E-state index contributed by atoms with van der Waals surface area (Å²) in [4.78, 5) is 21.4. The Morgan fingerprint density at radius 1 is 1.38 bits per heavy atom. The first-order valence-electron chi connectivity index (χ1n) is 6.40. The first kappa shape index (κ1) is 17.0. The van der Waals surface area contributed by atoms with Gasteiger partial charge in [-0.3, -0.25) is 4.79 Å². The summed E-state index contributed by atoms with van der Waals surface area (Å²) in [7, 11) is 0. The molecular formula is C13H20N2O6.